The molecule has 16 heavy (non-hydrogen) atoms. The monoisotopic (exact) mass is 230 g/mol. The number of nitrogens with zero attached hydrogens (tertiary/aromatic N) is 2. The topological polar surface area (TPSA) is 42.9 Å². The van der Waals surface area contributed by atoms with Crippen LogP contribution in [0.5, 0.6) is 0 Å². The van der Waals surface area contributed by atoms with Crippen LogP contribution in [0.2, 0.25) is 0 Å². The first kappa shape index (κ1) is 10.8. The lowest BCUT2D eigenvalue weighted by atomic mass is 10.1. The van der Waals surface area contributed by atoms with E-state index in [1.54, 1.807) is 18.0 Å². The maximum atomic E-state index is 12.1. The zero-order valence-corrected chi connectivity index (χ0v) is 9.57. The number of hydrogen-bond acceptors (Lipinski definition) is 4. The van der Waals surface area contributed by atoms with Gasteiger partial charge in [0.1, 0.15) is 5.69 Å². The summed E-state index contributed by atoms with van der Waals surface area (Å²) in [6.07, 6.45) is 6.51. The van der Waals surface area contributed by atoms with Crippen molar-refractivity contribution in [3.8, 4) is 0 Å². The SMILES string of the molecule is CSc1ccccc1C(=O)c1cnccn1. The molecular formula is C12H10N2OS. The van der Waals surface area contributed by atoms with Gasteiger partial charge in [0.05, 0.1) is 6.20 Å². The van der Waals surface area contributed by atoms with Gasteiger partial charge in [-0.15, -0.1) is 11.8 Å². The van der Waals surface area contributed by atoms with Gasteiger partial charge >= 0.3 is 0 Å². The number of rotatable bonds is 3. The Balaban J connectivity index is 2.42. The van der Waals surface area contributed by atoms with Gasteiger partial charge in [-0.1, -0.05) is 12.1 Å². The predicted molar refractivity (Wildman–Crippen MR) is 63.7 cm³/mol. The zero-order valence-electron chi connectivity index (χ0n) is 8.75. The summed E-state index contributed by atoms with van der Waals surface area (Å²) in [4.78, 5) is 21.0. The molecule has 1 heterocycles. The zero-order chi connectivity index (χ0) is 11.4. The minimum absolute atomic E-state index is 0.0851. The van der Waals surface area contributed by atoms with E-state index in [1.807, 2.05) is 30.5 Å². The molecule has 80 valence electrons. The molecule has 2 aromatic rings. The van der Waals surface area contributed by atoms with E-state index in [0.29, 0.717) is 11.3 Å². The molecule has 0 N–H and O–H groups in total. The summed E-state index contributed by atoms with van der Waals surface area (Å²) in [6.45, 7) is 0. The van der Waals surface area contributed by atoms with Crippen LogP contribution >= 0.6 is 11.8 Å². The molecule has 0 radical (unpaired) electrons. The number of benzene rings is 1. The van der Waals surface area contributed by atoms with Crippen LogP contribution in [0.3, 0.4) is 0 Å². The molecule has 0 saturated heterocycles. The Bertz CT molecular complexity index is 499. The normalized spacial score (nSPS) is 10.1. The van der Waals surface area contributed by atoms with Gasteiger partial charge in [0.15, 0.2) is 0 Å². The van der Waals surface area contributed by atoms with Crippen molar-refractivity contribution in [3.63, 3.8) is 0 Å². The Hall–Kier alpha value is -1.68. The summed E-state index contributed by atoms with van der Waals surface area (Å²) in [6, 6.07) is 7.50. The molecule has 0 aliphatic heterocycles. The van der Waals surface area contributed by atoms with Gasteiger partial charge in [-0.2, -0.15) is 0 Å². The van der Waals surface area contributed by atoms with Gasteiger partial charge < -0.3 is 0 Å². The third kappa shape index (κ3) is 2.12. The summed E-state index contributed by atoms with van der Waals surface area (Å²) in [7, 11) is 0. The van der Waals surface area contributed by atoms with Crippen molar-refractivity contribution >= 4 is 17.5 Å². The quantitative estimate of drug-likeness (QED) is 0.600. The lowest BCUT2D eigenvalue weighted by Gasteiger charge is -2.04. The average molecular weight is 230 g/mol. The lowest BCUT2D eigenvalue weighted by molar-refractivity contribution is 0.103. The molecule has 0 saturated carbocycles. The molecule has 0 spiro atoms. The molecule has 3 nitrogen and oxygen atoms in total. The van der Waals surface area contributed by atoms with Crippen molar-refractivity contribution < 1.29 is 4.79 Å². The number of carbonyl (C=O) groups excluding carboxylic acids is 1. The number of thioether (sulfide) groups is 1. The molecule has 1 aromatic carbocycles. The molecule has 4 heteroatoms. The van der Waals surface area contributed by atoms with E-state index in [2.05, 4.69) is 9.97 Å². The molecule has 0 amide bonds. The number of aromatic nitrogens is 2. The van der Waals surface area contributed by atoms with Crippen LogP contribution in [0.4, 0.5) is 0 Å². The third-order valence-corrected chi connectivity index (χ3v) is 2.94. The van der Waals surface area contributed by atoms with E-state index in [0.717, 1.165) is 4.90 Å². The molecule has 0 aliphatic carbocycles. The Morgan fingerprint density at radius 1 is 1.25 bits per heavy atom. The predicted octanol–water partition coefficient (Wildman–Crippen LogP) is 2.43. The standard InChI is InChI=1S/C12H10N2OS/c1-16-11-5-3-2-4-9(11)12(15)10-8-13-6-7-14-10/h2-8H,1H3. The van der Waals surface area contributed by atoms with Crippen LogP contribution in [0.1, 0.15) is 16.1 Å². The van der Waals surface area contributed by atoms with Crippen LogP contribution in [-0.4, -0.2) is 22.0 Å². The lowest BCUT2D eigenvalue weighted by Crippen LogP contribution is -2.05. The number of carbonyl (C=O) groups is 1. The summed E-state index contributed by atoms with van der Waals surface area (Å²) in [5, 5.41) is 0. The highest BCUT2D eigenvalue weighted by atomic mass is 32.2. The first-order valence-corrected chi connectivity index (χ1v) is 5.99. The summed E-state index contributed by atoms with van der Waals surface area (Å²) >= 11 is 1.55. The van der Waals surface area contributed by atoms with E-state index in [9.17, 15) is 4.79 Å². The van der Waals surface area contributed by atoms with Gasteiger partial charge in [-0.25, -0.2) is 4.98 Å². The Labute approximate surface area is 97.9 Å². The van der Waals surface area contributed by atoms with Gasteiger partial charge in [-0.3, -0.25) is 9.78 Å². The fraction of sp³-hybridized carbons (Fsp3) is 0.0833. The van der Waals surface area contributed by atoms with Gasteiger partial charge in [0.25, 0.3) is 0 Å². The maximum Gasteiger partial charge on any atom is 0.214 e. The first-order valence-electron chi connectivity index (χ1n) is 4.76. The molecular weight excluding hydrogens is 220 g/mol. The fourth-order valence-corrected chi connectivity index (χ4v) is 1.98. The molecule has 0 bridgehead atoms. The summed E-state index contributed by atoms with van der Waals surface area (Å²) in [5.41, 5.74) is 1.06. The summed E-state index contributed by atoms with van der Waals surface area (Å²) < 4.78 is 0. The maximum absolute atomic E-state index is 12.1. The van der Waals surface area contributed by atoms with Crippen LogP contribution in [0.15, 0.2) is 47.8 Å². The molecule has 2 rings (SSSR count). The van der Waals surface area contributed by atoms with E-state index < -0.39 is 0 Å². The largest absolute Gasteiger partial charge is 0.287 e. The molecule has 0 aliphatic rings. The minimum atomic E-state index is -0.0851. The highest BCUT2D eigenvalue weighted by molar-refractivity contribution is 7.98. The van der Waals surface area contributed by atoms with Crippen LogP contribution < -0.4 is 0 Å². The average Bonchev–Trinajstić information content (AvgIpc) is 2.39. The molecule has 1 aromatic heterocycles. The van der Waals surface area contributed by atoms with Crippen molar-refractivity contribution in [1.29, 1.82) is 0 Å². The van der Waals surface area contributed by atoms with E-state index in [1.165, 1.54) is 12.4 Å². The molecule has 0 unspecified atom stereocenters. The minimum Gasteiger partial charge on any atom is -0.287 e. The first-order chi connectivity index (χ1) is 7.83. The van der Waals surface area contributed by atoms with Crippen molar-refractivity contribution in [2.75, 3.05) is 6.26 Å². The summed E-state index contributed by atoms with van der Waals surface area (Å²) in [5.74, 6) is -0.0851. The van der Waals surface area contributed by atoms with Crippen molar-refractivity contribution in [1.82, 2.24) is 9.97 Å². The second kappa shape index (κ2) is 4.90. The number of ketones is 1. The molecule has 0 fully saturated rings. The fourth-order valence-electron chi connectivity index (χ4n) is 1.39. The Morgan fingerprint density at radius 3 is 2.75 bits per heavy atom. The highest BCUT2D eigenvalue weighted by Gasteiger charge is 2.13. The Kier molecular flexibility index (Phi) is 3.31. The van der Waals surface area contributed by atoms with E-state index in [4.69, 9.17) is 0 Å². The van der Waals surface area contributed by atoms with Gasteiger partial charge in [0, 0.05) is 22.9 Å². The third-order valence-electron chi connectivity index (χ3n) is 2.15. The van der Waals surface area contributed by atoms with E-state index >= 15 is 0 Å². The molecule has 0 atom stereocenters. The van der Waals surface area contributed by atoms with Crippen LogP contribution in [0.25, 0.3) is 0 Å². The van der Waals surface area contributed by atoms with Crippen molar-refractivity contribution in [3.05, 3.63) is 54.1 Å². The van der Waals surface area contributed by atoms with Crippen molar-refractivity contribution in [2.45, 2.75) is 4.90 Å². The van der Waals surface area contributed by atoms with Gasteiger partial charge in [-0.05, 0) is 18.4 Å². The van der Waals surface area contributed by atoms with Gasteiger partial charge in [0.2, 0.25) is 5.78 Å². The Morgan fingerprint density at radius 2 is 2.06 bits per heavy atom. The highest BCUT2D eigenvalue weighted by Crippen LogP contribution is 2.21. The van der Waals surface area contributed by atoms with Crippen LogP contribution in [-0.2, 0) is 0 Å². The second-order valence-corrected chi connectivity index (χ2v) is 3.97. The van der Waals surface area contributed by atoms with E-state index in [-0.39, 0.29) is 5.78 Å². The second-order valence-electron chi connectivity index (χ2n) is 3.12. The van der Waals surface area contributed by atoms with Crippen LogP contribution in [0, 0.1) is 0 Å². The smallest absolute Gasteiger partial charge is 0.214 e. The van der Waals surface area contributed by atoms with Crippen molar-refractivity contribution in [2.24, 2.45) is 0 Å². The number of hydrogen-bond donors (Lipinski definition) is 0.